The van der Waals surface area contributed by atoms with Crippen LogP contribution in [-0.2, 0) is 22.2 Å². The van der Waals surface area contributed by atoms with Crippen LogP contribution in [0, 0.1) is 0 Å². The van der Waals surface area contributed by atoms with Crippen molar-refractivity contribution in [3.05, 3.63) is 39.4 Å². The van der Waals surface area contributed by atoms with Gasteiger partial charge in [0.1, 0.15) is 0 Å². The Morgan fingerprint density at radius 2 is 1.48 bits per heavy atom. The van der Waals surface area contributed by atoms with Crippen LogP contribution in [0.5, 0.6) is 0 Å². The molecule has 0 aliphatic carbocycles. The van der Waals surface area contributed by atoms with E-state index in [-0.39, 0.29) is 18.3 Å². The molecule has 27 heavy (non-hydrogen) atoms. The minimum absolute atomic E-state index is 0.199. The highest BCUT2D eigenvalue weighted by atomic mass is 32.1. The lowest BCUT2D eigenvalue weighted by Gasteiger charge is -2.32. The van der Waals surface area contributed by atoms with Crippen LogP contribution in [0.1, 0.15) is 78.4 Å². The lowest BCUT2D eigenvalue weighted by atomic mass is 9.87. The second kappa shape index (κ2) is 10.2. The first-order valence-electron chi connectivity index (χ1n) is 10.2. The Labute approximate surface area is 174 Å². The maximum absolute atomic E-state index is 6.06. The molecule has 0 radical (unpaired) electrons. The molecule has 2 aromatic rings. The molecule has 1 fully saturated rings. The summed E-state index contributed by atoms with van der Waals surface area (Å²) in [6.07, 6.45) is 7.54. The van der Waals surface area contributed by atoms with Gasteiger partial charge in [-0.2, -0.15) is 22.7 Å². The Hall–Kier alpha value is -0.615. The Bertz CT molecular complexity index is 646. The summed E-state index contributed by atoms with van der Waals surface area (Å²) in [6.45, 7) is 12.8. The van der Waals surface area contributed by atoms with Crippen LogP contribution in [0.4, 0.5) is 0 Å². The standard InChI is InChI=1S/C14H23BO2S.C8H12S/c1-6-7-8-11-9-12(18-10-11)15-16-13(2,3)14(4,5)17-15;1-2-3-4-8-5-6-9-7-8/h9-10H,6-8H2,1-5H3;5-7H,2-4H2,1H3. The molecule has 0 amide bonds. The normalized spacial score (nSPS) is 17.6. The van der Waals surface area contributed by atoms with E-state index in [0.29, 0.717) is 0 Å². The SMILES string of the molecule is CCCCc1ccsc1.CCCCc1csc(B2OC(C)(C)C(C)(C)O2)c1. The first kappa shape index (κ1) is 22.7. The summed E-state index contributed by atoms with van der Waals surface area (Å²) >= 11 is 3.54. The number of hydrogen-bond acceptors (Lipinski definition) is 4. The Kier molecular flexibility index (Phi) is 8.60. The molecule has 0 atom stereocenters. The molecule has 0 N–H and O–H groups in total. The summed E-state index contributed by atoms with van der Waals surface area (Å²) in [5.41, 5.74) is 2.42. The number of rotatable bonds is 7. The minimum Gasteiger partial charge on any atom is -0.399 e. The van der Waals surface area contributed by atoms with E-state index >= 15 is 0 Å². The molecule has 1 aliphatic heterocycles. The topological polar surface area (TPSA) is 18.5 Å². The fraction of sp³-hybridized carbons (Fsp3) is 0.636. The molecule has 2 aromatic heterocycles. The molecule has 2 nitrogen and oxygen atoms in total. The minimum atomic E-state index is -0.245. The van der Waals surface area contributed by atoms with Crippen LogP contribution >= 0.6 is 22.7 Å². The van der Waals surface area contributed by atoms with Gasteiger partial charge in [-0.3, -0.25) is 0 Å². The number of unbranched alkanes of at least 4 members (excludes halogenated alkanes) is 2. The van der Waals surface area contributed by atoms with Gasteiger partial charge in [-0.15, -0.1) is 0 Å². The second-order valence-corrected chi connectivity index (χ2v) is 10.0. The molecular weight excluding hydrogens is 371 g/mol. The van der Waals surface area contributed by atoms with Crippen LogP contribution < -0.4 is 4.78 Å². The summed E-state index contributed by atoms with van der Waals surface area (Å²) in [6, 6.07) is 4.45. The number of aryl methyl sites for hydroxylation is 2. The molecule has 0 unspecified atom stereocenters. The highest BCUT2D eigenvalue weighted by molar-refractivity contribution is 7.20. The fourth-order valence-electron chi connectivity index (χ4n) is 2.81. The lowest BCUT2D eigenvalue weighted by Crippen LogP contribution is -2.41. The first-order chi connectivity index (χ1) is 12.8. The van der Waals surface area contributed by atoms with Crippen molar-refractivity contribution < 1.29 is 9.31 Å². The van der Waals surface area contributed by atoms with Crippen LogP contribution in [0.3, 0.4) is 0 Å². The largest absolute Gasteiger partial charge is 0.505 e. The van der Waals surface area contributed by atoms with Crippen LogP contribution in [0.2, 0.25) is 0 Å². The highest BCUT2D eigenvalue weighted by Crippen LogP contribution is 2.36. The van der Waals surface area contributed by atoms with E-state index in [1.165, 1.54) is 48.0 Å². The van der Waals surface area contributed by atoms with Gasteiger partial charge in [-0.25, -0.2) is 0 Å². The van der Waals surface area contributed by atoms with E-state index in [0.717, 1.165) is 6.42 Å². The lowest BCUT2D eigenvalue weighted by molar-refractivity contribution is 0.00578. The molecule has 0 saturated carbocycles. The predicted octanol–water partition coefficient (Wildman–Crippen LogP) is 6.48. The van der Waals surface area contributed by atoms with Gasteiger partial charge < -0.3 is 9.31 Å². The third-order valence-electron chi connectivity index (χ3n) is 5.38. The van der Waals surface area contributed by atoms with Crippen LogP contribution in [-0.4, -0.2) is 18.3 Å². The van der Waals surface area contributed by atoms with E-state index in [4.69, 9.17) is 9.31 Å². The quantitative estimate of drug-likeness (QED) is 0.490. The fourth-order valence-corrected chi connectivity index (χ4v) is 4.41. The average Bonchev–Trinajstić information content (AvgIpc) is 3.32. The molecule has 5 heteroatoms. The van der Waals surface area contributed by atoms with Gasteiger partial charge in [0.2, 0.25) is 0 Å². The molecule has 150 valence electrons. The van der Waals surface area contributed by atoms with E-state index < -0.39 is 0 Å². The Morgan fingerprint density at radius 3 is 2.00 bits per heavy atom. The van der Waals surface area contributed by atoms with Gasteiger partial charge in [0, 0.05) is 4.78 Å². The van der Waals surface area contributed by atoms with E-state index in [9.17, 15) is 0 Å². The zero-order valence-corrected chi connectivity index (χ0v) is 19.5. The maximum atomic E-state index is 6.06. The van der Waals surface area contributed by atoms with Crippen molar-refractivity contribution >= 4 is 34.6 Å². The smallest absolute Gasteiger partial charge is 0.399 e. The highest BCUT2D eigenvalue weighted by Gasteiger charge is 2.52. The number of hydrogen-bond donors (Lipinski definition) is 0. The molecule has 1 saturated heterocycles. The van der Waals surface area contributed by atoms with Crippen molar-refractivity contribution in [3.63, 3.8) is 0 Å². The molecule has 3 heterocycles. The average molecular weight is 406 g/mol. The van der Waals surface area contributed by atoms with Crippen molar-refractivity contribution in [3.8, 4) is 0 Å². The van der Waals surface area contributed by atoms with Crippen LogP contribution in [0.25, 0.3) is 0 Å². The Morgan fingerprint density at radius 1 is 0.889 bits per heavy atom. The van der Waals surface area contributed by atoms with Gasteiger partial charge in [0.25, 0.3) is 0 Å². The van der Waals surface area contributed by atoms with Gasteiger partial charge in [-0.1, -0.05) is 26.7 Å². The molecular formula is C22H35BO2S2. The van der Waals surface area contributed by atoms with E-state index in [1.807, 2.05) is 0 Å². The monoisotopic (exact) mass is 406 g/mol. The van der Waals surface area contributed by atoms with Gasteiger partial charge in [-0.05, 0) is 92.8 Å². The molecule has 0 spiro atoms. The molecule has 3 rings (SSSR count). The zero-order chi connectivity index (χ0) is 19.9. The summed E-state index contributed by atoms with van der Waals surface area (Å²) in [5.74, 6) is 0. The van der Waals surface area contributed by atoms with Crippen molar-refractivity contribution in [1.82, 2.24) is 0 Å². The van der Waals surface area contributed by atoms with Gasteiger partial charge in [0.15, 0.2) is 0 Å². The summed E-state index contributed by atoms with van der Waals surface area (Å²) < 4.78 is 13.3. The molecule has 0 bridgehead atoms. The van der Waals surface area contributed by atoms with Crippen molar-refractivity contribution in [2.24, 2.45) is 0 Å². The van der Waals surface area contributed by atoms with Crippen LogP contribution in [0.15, 0.2) is 28.3 Å². The van der Waals surface area contributed by atoms with E-state index in [2.05, 4.69) is 69.8 Å². The zero-order valence-electron chi connectivity index (χ0n) is 17.8. The van der Waals surface area contributed by atoms with Crippen molar-refractivity contribution in [2.45, 2.75) is 91.3 Å². The maximum Gasteiger partial charge on any atom is 0.505 e. The van der Waals surface area contributed by atoms with Crippen molar-refractivity contribution in [2.75, 3.05) is 0 Å². The number of thiophene rings is 2. The molecule has 0 aromatic carbocycles. The summed E-state index contributed by atoms with van der Waals surface area (Å²) in [5, 5.41) is 6.61. The predicted molar refractivity (Wildman–Crippen MR) is 122 cm³/mol. The third kappa shape index (κ3) is 6.45. The summed E-state index contributed by atoms with van der Waals surface area (Å²) in [7, 11) is -0.199. The first-order valence-corrected chi connectivity index (χ1v) is 12.1. The van der Waals surface area contributed by atoms with Crippen molar-refractivity contribution in [1.29, 1.82) is 0 Å². The van der Waals surface area contributed by atoms with Gasteiger partial charge >= 0.3 is 7.12 Å². The summed E-state index contributed by atoms with van der Waals surface area (Å²) in [4.78, 5) is 0. The third-order valence-corrected chi connectivity index (χ3v) is 7.11. The second-order valence-electron chi connectivity index (χ2n) is 8.28. The van der Waals surface area contributed by atoms with Gasteiger partial charge in [0.05, 0.1) is 11.2 Å². The Balaban J connectivity index is 0.000000244. The molecule has 1 aliphatic rings. The van der Waals surface area contributed by atoms with E-state index in [1.54, 1.807) is 22.7 Å².